The summed E-state index contributed by atoms with van der Waals surface area (Å²) in [6, 6.07) is 3.13. The molecule has 0 amide bonds. The topological polar surface area (TPSA) is 119 Å². The van der Waals surface area contributed by atoms with Gasteiger partial charge in [-0.15, -0.1) is 0 Å². The third-order valence-corrected chi connectivity index (χ3v) is 5.36. The molecule has 1 aromatic heterocycles. The van der Waals surface area contributed by atoms with Gasteiger partial charge in [-0.25, -0.2) is 0 Å². The number of rotatable bonds is 5. The van der Waals surface area contributed by atoms with Crippen molar-refractivity contribution in [3.8, 4) is 0 Å². The molecule has 3 rings (SSSR count). The van der Waals surface area contributed by atoms with Gasteiger partial charge in [0, 0.05) is 24.7 Å². The van der Waals surface area contributed by atoms with Crippen molar-refractivity contribution in [1.82, 2.24) is 0 Å². The van der Waals surface area contributed by atoms with Crippen molar-refractivity contribution in [3.05, 3.63) is 59.8 Å². The highest BCUT2D eigenvalue weighted by molar-refractivity contribution is 7.07. The molecule has 0 spiro atoms. The van der Waals surface area contributed by atoms with Crippen molar-refractivity contribution in [3.63, 3.8) is 0 Å². The molecule has 1 N–H and O–H groups in total. The lowest BCUT2D eigenvalue weighted by Crippen LogP contribution is -2.43. The van der Waals surface area contributed by atoms with E-state index in [9.17, 15) is 25.3 Å². The van der Waals surface area contributed by atoms with Gasteiger partial charge in [0.05, 0.1) is 22.6 Å². The third kappa shape index (κ3) is 3.64. The quantitative estimate of drug-likeness (QED) is 0.611. The summed E-state index contributed by atoms with van der Waals surface area (Å²) >= 11 is 1.51. The second-order valence-electron chi connectivity index (χ2n) is 6.45. The number of hydrogen-bond acceptors (Lipinski definition) is 8. The van der Waals surface area contributed by atoms with Gasteiger partial charge in [-0.2, -0.15) is 11.3 Å². The maximum Gasteiger partial charge on any atom is 0.302 e. The van der Waals surface area contributed by atoms with Gasteiger partial charge in [0.1, 0.15) is 6.10 Å². The first kappa shape index (κ1) is 19.2. The van der Waals surface area contributed by atoms with E-state index >= 15 is 0 Å². The molecule has 2 aromatic rings. The predicted octanol–water partition coefficient (Wildman–Crippen LogP) is 3.33. The summed E-state index contributed by atoms with van der Waals surface area (Å²) in [6.45, 7) is 3.38. The molecule has 0 radical (unpaired) electrons. The fraction of sp³-hybridized carbons (Fsp3) is 0.412. The Labute approximate surface area is 159 Å². The van der Waals surface area contributed by atoms with Crippen LogP contribution in [0.3, 0.4) is 0 Å². The summed E-state index contributed by atoms with van der Waals surface area (Å²) in [7, 11) is 0. The monoisotopic (exact) mass is 393 g/mol. The Morgan fingerprint density at radius 1 is 1.33 bits per heavy atom. The van der Waals surface area contributed by atoms with E-state index in [-0.39, 0.29) is 46.9 Å². The normalized spacial score (nSPS) is 19.9. The van der Waals surface area contributed by atoms with E-state index in [1.807, 2.05) is 23.8 Å². The summed E-state index contributed by atoms with van der Waals surface area (Å²) in [5.41, 5.74) is 0.587. The van der Waals surface area contributed by atoms with Gasteiger partial charge in [-0.05, 0) is 41.8 Å². The number of hydrogen-bond donors (Lipinski definition) is 1. The van der Waals surface area contributed by atoms with Gasteiger partial charge in [0.2, 0.25) is 0 Å². The average Bonchev–Trinajstić information content (AvgIpc) is 3.14. The van der Waals surface area contributed by atoms with Gasteiger partial charge in [0.25, 0.3) is 5.69 Å². The molecule has 10 heteroatoms. The first-order valence-electron chi connectivity index (χ1n) is 8.32. The van der Waals surface area contributed by atoms with E-state index in [1.165, 1.54) is 24.3 Å². The predicted molar refractivity (Wildman–Crippen MR) is 100 cm³/mol. The van der Waals surface area contributed by atoms with Crippen LogP contribution >= 0.6 is 11.3 Å². The van der Waals surface area contributed by atoms with Crippen molar-refractivity contribution < 1.29 is 19.7 Å². The maximum absolute atomic E-state index is 11.8. The van der Waals surface area contributed by atoms with Crippen LogP contribution in [0.2, 0.25) is 0 Å². The number of nitro benzene ring substituents is 2. The zero-order valence-corrected chi connectivity index (χ0v) is 15.6. The molecule has 0 bridgehead atoms. The molecule has 1 aromatic carbocycles. The number of aliphatic hydroxyl groups is 1. The van der Waals surface area contributed by atoms with Gasteiger partial charge >= 0.3 is 5.69 Å². The fourth-order valence-electron chi connectivity index (χ4n) is 3.41. The molecule has 1 aliphatic heterocycles. The zero-order chi connectivity index (χ0) is 19.7. The molecule has 2 unspecified atom stereocenters. The van der Waals surface area contributed by atoms with Crippen molar-refractivity contribution in [2.45, 2.75) is 32.7 Å². The molecule has 1 fully saturated rings. The van der Waals surface area contributed by atoms with Gasteiger partial charge in [0.15, 0.2) is 5.69 Å². The second kappa shape index (κ2) is 7.59. The van der Waals surface area contributed by atoms with Crippen LogP contribution in [0.1, 0.15) is 29.7 Å². The number of aliphatic hydroxyl groups excluding tert-OH is 1. The van der Waals surface area contributed by atoms with E-state index in [1.54, 1.807) is 4.90 Å². The van der Waals surface area contributed by atoms with E-state index in [0.29, 0.717) is 6.54 Å². The number of nitrogens with zero attached hydrogens (tertiary/aromatic N) is 3. The fourth-order valence-corrected chi connectivity index (χ4v) is 4.11. The van der Waals surface area contributed by atoms with Crippen LogP contribution in [0.15, 0.2) is 22.9 Å². The van der Waals surface area contributed by atoms with Crippen LogP contribution < -0.4 is 4.90 Å². The molecule has 1 aliphatic rings. The smallest absolute Gasteiger partial charge is 0.302 e. The Kier molecular flexibility index (Phi) is 5.40. The first-order chi connectivity index (χ1) is 12.8. The molecule has 2 heterocycles. The number of nitro groups is 2. The van der Waals surface area contributed by atoms with E-state index in [2.05, 4.69) is 0 Å². The van der Waals surface area contributed by atoms with E-state index in [0.717, 1.165) is 5.56 Å². The van der Waals surface area contributed by atoms with Crippen LogP contribution in [0.4, 0.5) is 17.1 Å². The molecular formula is C17H19N3O6S. The third-order valence-electron chi connectivity index (χ3n) is 4.66. The van der Waals surface area contributed by atoms with Gasteiger partial charge < -0.3 is 14.7 Å². The Morgan fingerprint density at radius 2 is 2.07 bits per heavy atom. The SMILES string of the molecule is Cc1c(CO)cc([N+](=O)[O-])c(N2CC(C)OC(c3ccsc3)C2)c1[N+](=O)[O-]. The number of anilines is 1. The van der Waals surface area contributed by atoms with Crippen LogP contribution in [0.25, 0.3) is 0 Å². The van der Waals surface area contributed by atoms with Crippen molar-refractivity contribution in [2.24, 2.45) is 0 Å². The second-order valence-corrected chi connectivity index (χ2v) is 7.23. The van der Waals surface area contributed by atoms with Crippen LogP contribution in [-0.4, -0.2) is 34.1 Å². The molecule has 0 saturated carbocycles. The number of thiophene rings is 1. The lowest BCUT2D eigenvalue weighted by atomic mass is 10.0. The molecular weight excluding hydrogens is 374 g/mol. The van der Waals surface area contributed by atoms with Crippen LogP contribution in [-0.2, 0) is 11.3 Å². The van der Waals surface area contributed by atoms with Crippen molar-refractivity contribution >= 4 is 28.4 Å². The van der Waals surface area contributed by atoms with Gasteiger partial charge in [-0.1, -0.05) is 0 Å². The van der Waals surface area contributed by atoms with E-state index in [4.69, 9.17) is 4.74 Å². The average molecular weight is 393 g/mol. The summed E-state index contributed by atoms with van der Waals surface area (Å²) in [4.78, 5) is 23.8. The highest BCUT2D eigenvalue weighted by Gasteiger charge is 2.38. The Bertz CT molecular complexity index is 870. The summed E-state index contributed by atoms with van der Waals surface area (Å²) < 4.78 is 5.94. The first-order valence-corrected chi connectivity index (χ1v) is 9.26. The van der Waals surface area contributed by atoms with Gasteiger partial charge in [-0.3, -0.25) is 20.2 Å². The highest BCUT2D eigenvalue weighted by Crippen LogP contribution is 2.44. The minimum absolute atomic E-state index is 0.0323. The molecule has 9 nitrogen and oxygen atoms in total. The minimum Gasteiger partial charge on any atom is -0.392 e. The zero-order valence-electron chi connectivity index (χ0n) is 14.8. The Balaban J connectivity index is 2.15. The van der Waals surface area contributed by atoms with Crippen molar-refractivity contribution in [1.29, 1.82) is 0 Å². The number of morpholine rings is 1. The summed E-state index contributed by atoms with van der Waals surface area (Å²) in [6.07, 6.45) is -0.599. The Morgan fingerprint density at radius 3 is 2.63 bits per heavy atom. The minimum atomic E-state index is -0.638. The lowest BCUT2D eigenvalue weighted by molar-refractivity contribution is -0.393. The summed E-state index contributed by atoms with van der Waals surface area (Å²) in [5, 5.41) is 36.7. The molecule has 144 valence electrons. The molecule has 2 atom stereocenters. The Hall–Kier alpha value is -2.56. The molecule has 0 aliphatic carbocycles. The maximum atomic E-state index is 11.8. The van der Waals surface area contributed by atoms with Crippen molar-refractivity contribution in [2.75, 3.05) is 18.0 Å². The lowest BCUT2D eigenvalue weighted by Gasteiger charge is -2.37. The van der Waals surface area contributed by atoms with Crippen LogP contribution in [0, 0.1) is 27.2 Å². The number of benzene rings is 1. The number of ether oxygens (including phenoxy) is 1. The van der Waals surface area contributed by atoms with Crippen LogP contribution in [0.5, 0.6) is 0 Å². The largest absolute Gasteiger partial charge is 0.392 e. The highest BCUT2D eigenvalue weighted by atomic mass is 32.1. The standard InChI is InChI=1S/C17H19N3O6S/c1-10-6-18(7-15(26-10)12-3-4-27-9-12)17-14(19(22)23)5-13(8-21)11(2)16(17)20(24)25/h3-5,9-10,15,21H,6-8H2,1-2H3. The molecule has 27 heavy (non-hydrogen) atoms. The van der Waals surface area contributed by atoms with E-state index < -0.39 is 16.5 Å². The summed E-state index contributed by atoms with van der Waals surface area (Å²) in [5.74, 6) is 0. The molecule has 1 saturated heterocycles.